The summed E-state index contributed by atoms with van der Waals surface area (Å²) in [6, 6.07) is 0.385. The zero-order valence-corrected chi connectivity index (χ0v) is 11.0. The number of rotatable bonds is 5. The number of aliphatic hydroxyl groups is 1. The van der Waals surface area contributed by atoms with E-state index in [4.69, 9.17) is 4.74 Å². The van der Waals surface area contributed by atoms with E-state index in [0.29, 0.717) is 12.1 Å². The highest BCUT2D eigenvalue weighted by atomic mass is 16.5. The first-order valence-electron chi connectivity index (χ1n) is 6.18. The molecule has 0 aromatic carbocycles. The molecule has 1 rings (SSSR count). The Morgan fingerprint density at radius 1 is 1.56 bits per heavy atom. The van der Waals surface area contributed by atoms with Gasteiger partial charge in [-0.25, -0.2) is 0 Å². The van der Waals surface area contributed by atoms with Crippen LogP contribution >= 0.6 is 0 Å². The molecule has 1 fully saturated rings. The molecule has 0 spiro atoms. The third-order valence-electron chi connectivity index (χ3n) is 2.88. The Morgan fingerprint density at radius 2 is 2.25 bits per heavy atom. The lowest BCUT2D eigenvalue weighted by Gasteiger charge is -2.39. The van der Waals surface area contributed by atoms with E-state index in [1.165, 1.54) is 0 Å². The average molecular weight is 230 g/mol. The second kappa shape index (κ2) is 5.96. The topological polar surface area (TPSA) is 44.7 Å². The number of hydrogen-bond acceptors (Lipinski definition) is 4. The first-order valence-corrected chi connectivity index (χ1v) is 6.18. The molecule has 2 unspecified atom stereocenters. The fourth-order valence-corrected chi connectivity index (χ4v) is 2.37. The van der Waals surface area contributed by atoms with E-state index in [1.807, 2.05) is 0 Å². The molecule has 0 bridgehead atoms. The third kappa shape index (κ3) is 4.37. The van der Waals surface area contributed by atoms with Gasteiger partial charge in [-0.2, -0.15) is 0 Å². The lowest BCUT2D eigenvalue weighted by atomic mass is 10.0. The molecule has 4 nitrogen and oxygen atoms in total. The van der Waals surface area contributed by atoms with E-state index < -0.39 is 0 Å². The summed E-state index contributed by atoms with van der Waals surface area (Å²) < 4.78 is 5.51. The quantitative estimate of drug-likeness (QED) is 0.720. The van der Waals surface area contributed by atoms with Gasteiger partial charge in [-0.15, -0.1) is 0 Å². The summed E-state index contributed by atoms with van der Waals surface area (Å²) in [5, 5.41) is 12.9. The summed E-state index contributed by atoms with van der Waals surface area (Å²) in [5.74, 6) is 0. The lowest BCUT2D eigenvalue weighted by Crippen LogP contribution is -2.58. The van der Waals surface area contributed by atoms with Crippen molar-refractivity contribution in [2.45, 2.75) is 45.4 Å². The van der Waals surface area contributed by atoms with Crippen LogP contribution in [0.15, 0.2) is 0 Å². The van der Waals surface area contributed by atoms with Crippen LogP contribution in [0.5, 0.6) is 0 Å². The summed E-state index contributed by atoms with van der Waals surface area (Å²) in [6.45, 7) is 12.1. The second-order valence-electron chi connectivity index (χ2n) is 5.43. The summed E-state index contributed by atoms with van der Waals surface area (Å²) in [4.78, 5) is 2.36. The highest BCUT2D eigenvalue weighted by molar-refractivity contribution is 4.88. The lowest BCUT2D eigenvalue weighted by molar-refractivity contribution is -0.0308. The van der Waals surface area contributed by atoms with Gasteiger partial charge in [-0.3, -0.25) is 4.90 Å². The predicted molar refractivity (Wildman–Crippen MR) is 65.6 cm³/mol. The molecule has 0 amide bonds. The van der Waals surface area contributed by atoms with Gasteiger partial charge in [0.2, 0.25) is 0 Å². The van der Waals surface area contributed by atoms with Gasteiger partial charge in [0.05, 0.1) is 24.9 Å². The van der Waals surface area contributed by atoms with Crippen molar-refractivity contribution in [1.29, 1.82) is 0 Å². The van der Waals surface area contributed by atoms with Gasteiger partial charge in [0, 0.05) is 25.7 Å². The Hall–Kier alpha value is -0.160. The SMILES string of the molecule is CC(C)NC(C)(CO)CN1CCOC(C)C1. The van der Waals surface area contributed by atoms with Crippen LogP contribution in [0, 0.1) is 0 Å². The normalized spacial score (nSPS) is 27.0. The zero-order valence-electron chi connectivity index (χ0n) is 11.0. The average Bonchev–Trinajstić information content (AvgIpc) is 2.16. The molecule has 2 N–H and O–H groups in total. The standard InChI is InChI=1S/C12H26N2O2/c1-10(2)13-12(4,9-15)8-14-5-6-16-11(3)7-14/h10-11,13,15H,5-9H2,1-4H3. The van der Waals surface area contributed by atoms with Crippen LogP contribution in [0.25, 0.3) is 0 Å². The molecule has 1 aliphatic heterocycles. The van der Waals surface area contributed by atoms with Crippen molar-refractivity contribution < 1.29 is 9.84 Å². The number of hydrogen-bond donors (Lipinski definition) is 2. The minimum Gasteiger partial charge on any atom is -0.394 e. The van der Waals surface area contributed by atoms with Crippen molar-refractivity contribution in [1.82, 2.24) is 10.2 Å². The van der Waals surface area contributed by atoms with Gasteiger partial charge in [-0.05, 0) is 13.8 Å². The van der Waals surface area contributed by atoms with E-state index in [1.54, 1.807) is 0 Å². The van der Waals surface area contributed by atoms with Crippen molar-refractivity contribution in [2.75, 3.05) is 32.8 Å². The molecule has 1 heterocycles. The van der Waals surface area contributed by atoms with Crippen molar-refractivity contribution >= 4 is 0 Å². The smallest absolute Gasteiger partial charge is 0.0674 e. The van der Waals surface area contributed by atoms with Gasteiger partial charge in [0.1, 0.15) is 0 Å². The Kier molecular flexibility index (Phi) is 5.18. The third-order valence-corrected chi connectivity index (χ3v) is 2.88. The second-order valence-corrected chi connectivity index (χ2v) is 5.43. The highest BCUT2D eigenvalue weighted by Crippen LogP contribution is 2.11. The van der Waals surface area contributed by atoms with Crippen molar-refractivity contribution in [2.24, 2.45) is 0 Å². The first-order chi connectivity index (χ1) is 7.45. The fraction of sp³-hybridized carbons (Fsp3) is 1.00. The Labute approximate surface area is 99.0 Å². The monoisotopic (exact) mass is 230 g/mol. The van der Waals surface area contributed by atoms with Crippen LogP contribution in [-0.2, 0) is 4.74 Å². The molecular weight excluding hydrogens is 204 g/mol. The number of ether oxygens (including phenoxy) is 1. The van der Waals surface area contributed by atoms with Crippen molar-refractivity contribution in [3.05, 3.63) is 0 Å². The Morgan fingerprint density at radius 3 is 2.75 bits per heavy atom. The van der Waals surface area contributed by atoms with E-state index >= 15 is 0 Å². The maximum absolute atomic E-state index is 9.51. The minimum absolute atomic E-state index is 0.164. The number of nitrogens with zero attached hydrogens (tertiary/aromatic N) is 1. The zero-order chi connectivity index (χ0) is 12.2. The minimum atomic E-state index is -0.217. The molecule has 0 radical (unpaired) electrons. The molecule has 0 aliphatic carbocycles. The summed E-state index contributed by atoms with van der Waals surface area (Å²) in [5.41, 5.74) is -0.217. The van der Waals surface area contributed by atoms with Crippen LogP contribution in [0.1, 0.15) is 27.7 Å². The Balaban J connectivity index is 2.48. The highest BCUT2D eigenvalue weighted by Gasteiger charge is 2.28. The van der Waals surface area contributed by atoms with Crippen molar-refractivity contribution in [3.63, 3.8) is 0 Å². The molecule has 0 saturated carbocycles. The summed E-state index contributed by atoms with van der Waals surface area (Å²) >= 11 is 0. The van der Waals surface area contributed by atoms with E-state index in [-0.39, 0.29) is 12.1 Å². The molecule has 0 aromatic rings. The van der Waals surface area contributed by atoms with Crippen molar-refractivity contribution in [3.8, 4) is 0 Å². The number of nitrogens with one attached hydrogen (secondary N) is 1. The molecule has 1 saturated heterocycles. The molecule has 1 aliphatic rings. The maximum Gasteiger partial charge on any atom is 0.0674 e. The van der Waals surface area contributed by atoms with Gasteiger partial charge in [0.15, 0.2) is 0 Å². The van der Waals surface area contributed by atoms with E-state index in [9.17, 15) is 5.11 Å². The molecule has 16 heavy (non-hydrogen) atoms. The van der Waals surface area contributed by atoms with Crippen LogP contribution < -0.4 is 5.32 Å². The maximum atomic E-state index is 9.51. The number of morpholine rings is 1. The van der Waals surface area contributed by atoms with Gasteiger partial charge in [-0.1, -0.05) is 13.8 Å². The van der Waals surface area contributed by atoms with Crippen LogP contribution in [0.3, 0.4) is 0 Å². The largest absolute Gasteiger partial charge is 0.394 e. The molecule has 4 heteroatoms. The fourth-order valence-electron chi connectivity index (χ4n) is 2.37. The summed E-state index contributed by atoms with van der Waals surface area (Å²) in [7, 11) is 0. The number of aliphatic hydroxyl groups excluding tert-OH is 1. The van der Waals surface area contributed by atoms with Gasteiger partial charge in [0.25, 0.3) is 0 Å². The molecule has 0 aromatic heterocycles. The van der Waals surface area contributed by atoms with Crippen LogP contribution in [0.2, 0.25) is 0 Å². The predicted octanol–water partition coefficient (Wildman–Crippen LogP) is 0.456. The van der Waals surface area contributed by atoms with Crippen LogP contribution in [0.4, 0.5) is 0 Å². The van der Waals surface area contributed by atoms with Gasteiger partial charge < -0.3 is 15.2 Å². The molecular formula is C12H26N2O2. The molecule has 96 valence electrons. The first kappa shape index (κ1) is 13.9. The summed E-state index contributed by atoms with van der Waals surface area (Å²) in [6.07, 6.45) is 0.302. The van der Waals surface area contributed by atoms with E-state index in [0.717, 1.165) is 26.2 Å². The van der Waals surface area contributed by atoms with E-state index in [2.05, 4.69) is 37.9 Å². The van der Waals surface area contributed by atoms with Crippen LogP contribution in [-0.4, -0.2) is 60.5 Å². The Bertz CT molecular complexity index is 211. The van der Waals surface area contributed by atoms with Gasteiger partial charge >= 0.3 is 0 Å². The molecule has 2 atom stereocenters.